The molecule has 2 aromatic rings. The normalized spacial score (nSPS) is 18.2. The van der Waals surface area contributed by atoms with Crippen LogP contribution in [0.25, 0.3) is 0 Å². The van der Waals surface area contributed by atoms with Crippen LogP contribution in [0.4, 0.5) is 11.6 Å². The highest BCUT2D eigenvalue weighted by atomic mass is 32.2. The Morgan fingerprint density at radius 2 is 1.67 bits per heavy atom. The van der Waals surface area contributed by atoms with Gasteiger partial charge in [-0.15, -0.1) is 10.2 Å². The van der Waals surface area contributed by atoms with Gasteiger partial charge in [-0.25, -0.2) is 8.42 Å². The molecule has 1 N–H and O–H groups in total. The van der Waals surface area contributed by atoms with Gasteiger partial charge in [0.15, 0.2) is 11.6 Å². The number of nitrogens with zero attached hydrogens (tertiary/aromatic N) is 4. The molecule has 1 saturated heterocycles. The van der Waals surface area contributed by atoms with Gasteiger partial charge in [-0.3, -0.25) is 4.72 Å². The van der Waals surface area contributed by atoms with Crippen LogP contribution in [-0.2, 0) is 22.9 Å². The predicted molar refractivity (Wildman–Crippen MR) is 106 cm³/mol. The van der Waals surface area contributed by atoms with Crippen LogP contribution in [0, 0.1) is 0 Å². The second-order valence-corrected chi connectivity index (χ2v) is 8.99. The average Bonchev–Trinajstić information content (AvgIpc) is 2.68. The maximum absolute atomic E-state index is 12.7. The van der Waals surface area contributed by atoms with E-state index in [1.165, 1.54) is 12.0 Å². The lowest BCUT2D eigenvalue weighted by Crippen LogP contribution is -2.44. The smallest absolute Gasteiger partial charge is 0.263 e. The Bertz CT molecular complexity index is 906. The van der Waals surface area contributed by atoms with Gasteiger partial charge in [-0.1, -0.05) is 6.07 Å². The summed E-state index contributed by atoms with van der Waals surface area (Å²) in [6.07, 6.45) is 4.26. The molecule has 1 aliphatic heterocycles. The summed E-state index contributed by atoms with van der Waals surface area (Å²) in [7, 11) is -1.57. The molecule has 0 unspecified atom stereocenters. The van der Waals surface area contributed by atoms with E-state index < -0.39 is 10.0 Å². The molecule has 0 amide bonds. The fraction of sp³-hybridized carbons (Fsp3) is 0.474. The van der Waals surface area contributed by atoms with Gasteiger partial charge in [0.05, 0.1) is 4.90 Å². The maximum atomic E-state index is 12.7. The summed E-state index contributed by atoms with van der Waals surface area (Å²) < 4.78 is 28.0. The molecule has 0 radical (unpaired) electrons. The molecule has 1 aromatic carbocycles. The monoisotopic (exact) mass is 387 g/mol. The summed E-state index contributed by atoms with van der Waals surface area (Å²) >= 11 is 0. The fourth-order valence-corrected chi connectivity index (χ4v) is 4.70. The Labute approximate surface area is 160 Å². The molecule has 1 aliphatic carbocycles. The molecule has 2 aliphatic rings. The Balaban J connectivity index is 1.48. The van der Waals surface area contributed by atoms with E-state index in [1.807, 2.05) is 12.1 Å². The van der Waals surface area contributed by atoms with E-state index in [0.29, 0.717) is 0 Å². The summed E-state index contributed by atoms with van der Waals surface area (Å²) in [6, 6.07) is 8.91. The number of anilines is 2. The molecule has 0 bridgehead atoms. The van der Waals surface area contributed by atoms with E-state index in [9.17, 15) is 8.42 Å². The summed E-state index contributed by atoms with van der Waals surface area (Å²) in [5.41, 5.74) is 2.40. The lowest BCUT2D eigenvalue weighted by Gasteiger charge is -2.32. The minimum Gasteiger partial charge on any atom is -0.353 e. The number of nitrogens with one attached hydrogen (secondary N) is 1. The minimum absolute atomic E-state index is 0.241. The number of aromatic nitrogens is 2. The number of aryl methyl sites for hydroxylation is 2. The predicted octanol–water partition coefficient (Wildman–Crippen LogP) is 1.91. The third kappa shape index (κ3) is 4.06. The lowest BCUT2D eigenvalue weighted by atomic mass is 9.92. The summed E-state index contributed by atoms with van der Waals surface area (Å²) in [5, 5.41) is 8.28. The van der Waals surface area contributed by atoms with Gasteiger partial charge >= 0.3 is 0 Å². The quantitative estimate of drug-likeness (QED) is 0.863. The number of hydrogen-bond acceptors (Lipinski definition) is 6. The van der Waals surface area contributed by atoms with E-state index in [2.05, 4.69) is 31.8 Å². The molecule has 8 heteroatoms. The number of likely N-dealkylation sites (N-methyl/N-ethyl adjacent to an activating group) is 1. The number of piperazine rings is 1. The molecule has 4 rings (SSSR count). The highest BCUT2D eigenvalue weighted by molar-refractivity contribution is 7.92. The van der Waals surface area contributed by atoms with E-state index in [1.54, 1.807) is 18.2 Å². The molecular weight excluding hydrogens is 362 g/mol. The van der Waals surface area contributed by atoms with Gasteiger partial charge in [0.25, 0.3) is 10.0 Å². The SMILES string of the molecule is CN1CCN(c2ccc(NS(=O)(=O)c3ccc4c(c3)CCCC4)nn2)CC1. The van der Waals surface area contributed by atoms with E-state index in [-0.39, 0.29) is 10.7 Å². The van der Waals surface area contributed by atoms with Gasteiger partial charge in [-0.05, 0) is 68.1 Å². The highest BCUT2D eigenvalue weighted by Crippen LogP contribution is 2.25. The van der Waals surface area contributed by atoms with Crippen LogP contribution in [0.5, 0.6) is 0 Å². The fourth-order valence-electron chi connectivity index (χ4n) is 3.66. The van der Waals surface area contributed by atoms with E-state index >= 15 is 0 Å². The van der Waals surface area contributed by atoms with Gasteiger partial charge < -0.3 is 9.80 Å². The number of fused-ring (bicyclic) bond motifs is 1. The maximum Gasteiger partial charge on any atom is 0.263 e. The average molecular weight is 388 g/mol. The van der Waals surface area contributed by atoms with Crippen molar-refractivity contribution >= 4 is 21.7 Å². The van der Waals surface area contributed by atoms with Crippen LogP contribution >= 0.6 is 0 Å². The Morgan fingerprint density at radius 1 is 0.926 bits per heavy atom. The van der Waals surface area contributed by atoms with Crippen molar-refractivity contribution in [1.29, 1.82) is 0 Å². The topological polar surface area (TPSA) is 78.4 Å². The van der Waals surface area contributed by atoms with Crippen LogP contribution in [0.1, 0.15) is 24.0 Å². The zero-order valence-electron chi connectivity index (χ0n) is 15.6. The molecular formula is C19H25N5O2S. The van der Waals surface area contributed by atoms with E-state index in [4.69, 9.17) is 0 Å². The first kappa shape index (κ1) is 18.2. The number of benzene rings is 1. The van der Waals surface area contributed by atoms with Crippen LogP contribution in [0.3, 0.4) is 0 Å². The van der Waals surface area contributed by atoms with Crippen molar-refractivity contribution in [2.24, 2.45) is 0 Å². The third-order valence-corrected chi connectivity index (χ3v) is 6.70. The van der Waals surface area contributed by atoms with Crippen molar-refractivity contribution in [2.75, 3.05) is 42.8 Å². The van der Waals surface area contributed by atoms with Crippen molar-refractivity contribution in [3.8, 4) is 0 Å². The van der Waals surface area contributed by atoms with Gasteiger partial charge in [0, 0.05) is 26.2 Å². The largest absolute Gasteiger partial charge is 0.353 e. The van der Waals surface area contributed by atoms with Crippen molar-refractivity contribution in [3.05, 3.63) is 41.5 Å². The minimum atomic E-state index is -3.66. The molecule has 144 valence electrons. The summed E-state index contributed by atoms with van der Waals surface area (Å²) in [5.74, 6) is 1.02. The van der Waals surface area contributed by atoms with Crippen molar-refractivity contribution in [2.45, 2.75) is 30.6 Å². The van der Waals surface area contributed by atoms with Crippen LogP contribution in [0.2, 0.25) is 0 Å². The summed E-state index contributed by atoms with van der Waals surface area (Å²) in [6.45, 7) is 3.75. The summed E-state index contributed by atoms with van der Waals surface area (Å²) in [4.78, 5) is 4.72. The molecule has 27 heavy (non-hydrogen) atoms. The second-order valence-electron chi connectivity index (χ2n) is 7.31. The zero-order chi connectivity index (χ0) is 18.9. The Morgan fingerprint density at radius 3 is 2.37 bits per heavy atom. The highest BCUT2D eigenvalue weighted by Gasteiger charge is 2.20. The molecule has 0 spiro atoms. The number of sulfonamides is 1. The van der Waals surface area contributed by atoms with Gasteiger partial charge in [0.2, 0.25) is 0 Å². The van der Waals surface area contributed by atoms with Gasteiger partial charge in [-0.2, -0.15) is 0 Å². The van der Waals surface area contributed by atoms with Crippen LogP contribution in [0.15, 0.2) is 35.2 Å². The molecule has 0 saturated carbocycles. The van der Waals surface area contributed by atoms with Crippen molar-refractivity contribution < 1.29 is 8.42 Å². The second kappa shape index (κ2) is 7.44. The molecule has 2 heterocycles. The van der Waals surface area contributed by atoms with Crippen LogP contribution < -0.4 is 9.62 Å². The number of rotatable bonds is 4. The van der Waals surface area contributed by atoms with E-state index in [0.717, 1.165) is 56.8 Å². The van der Waals surface area contributed by atoms with Gasteiger partial charge in [0.1, 0.15) is 0 Å². The molecule has 1 aromatic heterocycles. The first-order chi connectivity index (χ1) is 13.0. The molecule has 0 atom stereocenters. The van der Waals surface area contributed by atoms with Crippen molar-refractivity contribution in [3.63, 3.8) is 0 Å². The zero-order valence-corrected chi connectivity index (χ0v) is 16.4. The standard InChI is InChI=1S/C19H25N5O2S/c1-23-10-12-24(13-11-23)19-9-8-18(20-21-19)22-27(25,26)17-7-6-15-4-2-3-5-16(15)14-17/h6-9,14H,2-5,10-13H2,1H3,(H,20,22). The molecule has 1 fully saturated rings. The Hall–Kier alpha value is -2.19. The lowest BCUT2D eigenvalue weighted by molar-refractivity contribution is 0.312. The first-order valence-corrected chi connectivity index (χ1v) is 10.9. The number of hydrogen-bond donors (Lipinski definition) is 1. The first-order valence-electron chi connectivity index (χ1n) is 9.43. The molecule has 7 nitrogen and oxygen atoms in total. The Kier molecular flexibility index (Phi) is 5.01. The van der Waals surface area contributed by atoms with Crippen LogP contribution in [-0.4, -0.2) is 56.7 Å². The van der Waals surface area contributed by atoms with Crippen molar-refractivity contribution in [1.82, 2.24) is 15.1 Å². The third-order valence-electron chi connectivity index (χ3n) is 5.35.